The molecule has 2 saturated heterocycles. The van der Waals surface area contributed by atoms with Gasteiger partial charge in [0.05, 0.1) is 12.6 Å². The van der Waals surface area contributed by atoms with Crippen LogP contribution in [0, 0.1) is 5.92 Å². The Labute approximate surface area is 570 Å². The minimum absolute atomic E-state index is 0.0710. The number of nitrogens with zero attached hydrogens (tertiary/aromatic N) is 3. The predicted octanol–water partition coefficient (Wildman–Crippen LogP) is -2.59. The molecule has 31 nitrogen and oxygen atoms in total. The van der Waals surface area contributed by atoms with E-state index in [1.54, 1.807) is 74.5 Å². The van der Waals surface area contributed by atoms with E-state index in [-0.39, 0.29) is 70.2 Å². The van der Waals surface area contributed by atoms with Gasteiger partial charge < -0.3 is 92.5 Å². The Morgan fingerprint density at radius 3 is 1.53 bits per heavy atom. The molecule has 2 aromatic carbocycles. The van der Waals surface area contributed by atoms with Crippen molar-refractivity contribution in [2.45, 2.75) is 196 Å². The summed E-state index contributed by atoms with van der Waals surface area (Å²) in [7, 11) is 0. The zero-order chi connectivity index (χ0) is 71.9. The third-order valence-corrected chi connectivity index (χ3v) is 17.7. The van der Waals surface area contributed by atoms with Crippen LogP contribution in [0.3, 0.4) is 0 Å². The number of carbonyl (C=O) groups excluding carboxylic acids is 13. The lowest BCUT2D eigenvalue weighted by molar-refractivity contribution is -0.144. The van der Waals surface area contributed by atoms with E-state index in [1.807, 2.05) is 20.1 Å². The van der Waals surface area contributed by atoms with Crippen molar-refractivity contribution in [3.8, 4) is 0 Å². The van der Waals surface area contributed by atoms with Gasteiger partial charge in [0.2, 0.25) is 76.8 Å². The molecule has 0 aromatic heterocycles. The molecule has 32 heteroatoms. The van der Waals surface area contributed by atoms with E-state index in [4.69, 9.17) is 40.1 Å². The van der Waals surface area contributed by atoms with Crippen LogP contribution in [0.15, 0.2) is 65.7 Å². The molecule has 0 saturated carbocycles. The van der Waals surface area contributed by atoms with Crippen LogP contribution in [0.1, 0.15) is 147 Å². The topological polar surface area (TPSA) is 519 Å². The van der Waals surface area contributed by atoms with Gasteiger partial charge in [0, 0.05) is 44.3 Å². The van der Waals surface area contributed by atoms with Gasteiger partial charge in [-0.25, -0.2) is 0 Å². The molecule has 0 radical (unpaired) electrons. The third kappa shape index (κ3) is 26.6. The van der Waals surface area contributed by atoms with E-state index < -0.39 is 181 Å². The van der Waals surface area contributed by atoms with Crippen molar-refractivity contribution in [2.24, 2.45) is 51.0 Å². The van der Waals surface area contributed by atoms with Crippen LogP contribution in [0.2, 0.25) is 0 Å². The fourth-order valence-corrected chi connectivity index (χ4v) is 12.1. The van der Waals surface area contributed by atoms with Gasteiger partial charge in [-0.05, 0) is 119 Å². The Bertz CT molecular complexity index is 3030. The van der Waals surface area contributed by atoms with Gasteiger partial charge in [0.15, 0.2) is 5.96 Å². The Kier molecular flexibility index (Phi) is 34.2. The number of benzene rings is 2. The van der Waals surface area contributed by atoms with Gasteiger partial charge in [-0.2, -0.15) is 11.8 Å². The molecule has 2 aliphatic rings. The number of carbonyl (C=O) groups is 13. The maximum Gasteiger partial charge on any atom is 0.245 e. The Balaban J connectivity index is 1.60. The summed E-state index contributed by atoms with van der Waals surface area (Å²) in [6.07, 6.45) is 3.38. The van der Waals surface area contributed by atoms with E-state index in [9.17, 15) is 57.5 Å². The zero-order valence-electron chi connectivity index (χ0n) is 56.2. The van der Waals surface area contributed by atoms with Gasteiger partial charge in [-0.15, -0.1) is 0 Å². The predicted molar refractivity (Wildman–Crippen MR) is 365 cm³/mol. The first-order valence-corrected chi connectivity index (χ1v) is 34.4. The largest absolute Gasteiger partial charge is 0.370 e. The molecule has 22 N–H and O–H groups in total. The van der Waals surface area contributed by atoms with Gasteiger partial charge >= 0.3 is 0 Å². The maximum absolute atomic E-state index is 15.0. The third-order valence-electron chi connectivity index (χ3n) is 17.0. The van der Waals surface area contributed by atoms with Crippen LogP contribution < -0.4 is 82.7 Å². The Morgan fingerprint density at radius 1 is 0.536 bits per heavy atom. The number of rotatable bonds is 42. The molecule has 2 aliphatic heterocycles. The van der Waals surface area contributed by atoms with Crippen molar-refractivity contribution >= 4 is 94.5 Å². The molecule has 2 fully saturated rings. The molecule has 0 aliphatic carbocycles. The first kappa shape index (κ1) is 80.5. The fourth-order valence-electron chi connectivity index (χ4n) is 11.6. The number of amides is 13. The number of hydrogen-bond acceptors (Lipinski definition) is 17. The minimum atomic E-state index is -1.66. The number of hydrogen-bond donors (Lipinski definition) is 15. The number of unbranched alkanes of at least 4 members (excludes halogenated alkanes) is 1. The standard InChI is InChI=1S/C65H102N18O13S/c1-37(2)35-47(58(90)76-43(55(70)87)29-34-97-5)75-52(86)36-74-61(93)53(38(3)40-17-8-6-9-18-40)81-62(94)54(39(4)41-19-10-7-11-20-41)80-57(89)45(26-28-51(69)85)77-56(88)44(25-27-50(68)84)78-59(91)49-24-16-33-83(49)64(96)46(22-12-13-30-66)79-60(92)48-23-15-32-82(48)63(95)42(67)21-14-31-73-65(71)72/h6-11,17-20,37-39,42-49,53-54H,12-16,21-36,66-67H2,1-5H3,(H2,68,84)(H2,69,85)(H2,70,87)(H,74,93)(H,75,86)(H,76,90)(H,77,88)(H,78,91)(H,79,92)(H,80,89)(H,81,94)(H4,71,72,73)/t38-,39+,42+,43+,44+,45+,46+,47+,48+,49+,53+,54+/m1/s1. The molecule has 0 unspecified atom stereocenters. The van der Waals surface area contributed by atoms with E-state index in [1.165, 1.54) is 21.6 Å². The fraction of sp³-hybridized carbons (Fsp3) is 0.600. The van der Waals surface area contributed by atoms with Crippen LogP contribution in [0.4, 0.5) is 0 Å². The first-order chi connectivity index (χ1) is 46.1. The monoisotopic (exact) mass is 1370 g/mol. The summed E-state index contributed by atoms with van der Waals surface area (Å²) in [6, 6.07) is 4.52. The number of aliphatic imine (C=N–C) groups is 1. The van der Waals surface area contributed by atoms with Crippen molar-refractivity contribution < 1.29 is 62.3 Å². The smallest absolute Gasteiger partial charge is 0.245 e. The highest BCUT2D eigenvalue weighted by Crippen LogP contribution is 2.26. The number of primary amides is 3. The lowest BCUT2D eigenvalue weighted by Crippen LogP contribution is -2.61. The van der Waals surface area contributed by atoms with Crippen molar-refractivity contribution in [3.05, 3.63) is 71.8 Å². The molecule has 0 bridgehead atoms. The second-order valence-electron chi connectivity index (χ2n) is 25.0. The van der Waals surface area contributed by atoms with Crippen molar-refractivity contribution in [3.63, 3.8) is 0 Å². The number of nitrogens with two attached hydrogens (primary N) is 7. The number of guanidine groups is 1. The summed E-state index contributed by atoms with van der Waals surface area (Å²) < 4.78 is 0. The first-order valence-electron chi connectivity index (χ1n) is 33.0. The molecular weight excluding hydrogens is 1270 g/mol. The SMILES string of the molecule is CSCC[C@H](NC(=O)[C@H](CC(C)C)NC(=O)CNC(=O)[C@@H](NC(=O)[C@@H](NC(=O)[C@H](CCC(N)=O)NC(=O)[C@H](CCC(N)=O)NC(=O)[C@@H]1CCCN1C(=O)[C@H](CCCCN)NC(=O)[C@@H]1CCCN1C(=O)[C@@H](N)CCCN=C(N)N)[C@@H](C)c1ccccc1)[C@H](C)c1ccccc1)C(N)=O. The molecule has 536 valence electrons. The van der Waals surface area contributed by atoms with E-state index >= 15 is 4.79 Å². The van der Waals surface area contributed by atoms with Crippen LogP contribution in [-0.4, -0.2) is 198 Å². The van der Waals surface area contributed by atoms with Gasteiger partial charge in [-0.1, -0.05) is 88.4 Å². The average molecular weight is 1380 g/mol. The molecule has 0 spiro atoms. The van der Waals surface area contributed by atoms with Gasteiger partial charge in [-0.3, -0.25) is 67.3 Å². The molecule has 2 heterocycles. The summed E-state index contributed by atoms with van der Waals surface area (Å²) in [5.41, 5.74) is 40.7. The second-order valence-corrected chi connectivity index (χ2v) is 26.0. The van der Waals surface area contributed by atoms with Crippen molar-refractivity contribution in [1.29, 1.82) is 0 Å². The lowest BCUT2D eigenvalue weighted by Gasteiger charge is -2.32. The van der Waals surface area contributed by atoms with E-state index in [2.05, 4.69) is 47.5 Å². The summed E-state index contributed by atoms with van der Waals surface area (Å²) in [6.45, 7) is 7.14. The number of thioether (sulfide) groups is 1. The van der Waals surface area contributed by atoms with Gasteiger partial charge in [0.25, 0.3) is 0 Å². The number of likely N-dealkylation sites (tertiary alicyclic amines) is 2. The lowest BCUT2D eigenvalue weighted by atomic mass is 9.89. The van der Waals surface area contributed by atoms with Gasteiger partial charge in [0.1, 0.15) is 54.4 Å². The summed E-state index contributed by atoms with van der Waals surface area (Å²) >= 11 is 1.45. The summed E-state index contributed by atoms with van der Waals surface area (Å²) in [5, 5.41) is 21.4. The van der Waals surface area contributed by atoms with Crippen LogP contribution in [0.25, 0.3) is 0 Å². The van der Waals surface area contributed by atoms with Crippen LogP contribution in [-0.2, 0) is 62.3 Å². The highest BCUT2D eigenvalue weighted by Gasteiger charge is 2.43. The van der Waals surface area contributed by atoms with E-state index in [0.717, 1.165) is 0 Å². The maximum atomic E-state index is 15.0. The molecule has 97 heavy (non-hydrogen) atoms. The molecule has 2 aromatic rings. The van der Waals surface area contributed by atoms with Crippen LogP contribution >= 0.6 is 11.8 Å². The normalized spacial score (nSPS) is 17.4. The number of nitrogens with one attached hydrogen (secondary N) is 8. The molecule has 12 atom stereocenters. The molecule has 4 rings (SSSR count). The quantitative estimate of drug-likeness (QED) is 0.0184. The average Bonchev–Trinajstić information content (AvgIpc) is 1.82. The zero-order valence-corrected chi connectivity index (χ0v) is 57.0. The highest BCUT2D eigenvalue weighted by molar-refractivity contribution is 7.98. The van der Waals surface area contributed by atoms with Crippen molar-refractivity contribution in [2.75, 3.05) is 44.7 Å². The summed E-state index contributed by atoms with van der Waals surface area (Å²) in [5.74, 6) is -11.5. The molecule has 13 amide bonds. The molecular formula is C65H102N18O13S. The Morgan fingerprint density at radius 2 is 1.02 bits per heavy atom. The van der Waals surface area contributed by atoms with Crippen LogP contribution in [0.5, 0.6) is 0 Å². The van der Waals surface area contributed by atoms with Crippen molar-refractivity contribution in [1.82, 2.24) is 52.3 Å². The van der Waals surface area contributed by atoms with E-state index in [0.29, 0.717) is 55.4 Å². The highest BCUT2D eigenvalue weighted by atomic mass is 32.2. The second kappa shape index (κ2) is 41.3. The Hall–Kier alpha value is -8.91. The minimum Gasteiger partial charge on any atom is -0.370 e. The summed E-state index contributed by atoms with van der Waals surface area (Å²) in [4.78, 5) is 186.